The van der Waals surface area contributed by atoms with Crippen LogP contribution in [-0.2, 0) is 0 Å². The fourth-order valence-corrected chi connectivity index (χ4v) is 2.76. The number of hydrogen-bond acceptors (Lipinski definition) is 4. The summed E-state index contributed by atoms with van der Waals surface area (Å²) in [6, 6.07) is 12.9. The van der Waals surface area contributed by atoms with Gasteiger partial charge in [-0.2, -0.15) is 4.73 Å². The lowest BCUT2D eigenvalue weighted by Crippen LogP contribution is -2.20. The Morgan fingerprint density at radius 3 is 2.22 bits per heavy atom. The topological polar surface area (TPSA) is 67.5 Å². The molecule has 0 fully saturated rings. The van der Waals surface area contributed by atoms with Crippen LogP contribution in [0.4, 0.5) is 0 Å². The van der Waals surface area contributed by atoms with Crippen molar-refractivity contribution in [2.75, 3.05) is 14.2 Å². The lowest BCUT2D eigenvalue weighted by molar-refractivity contribution is 0.184. The Labute approximate surface area is 141 Å². The van der Waals surface area contributed by atoms with Gasteiger partial charge >= 0.3 is 0 Å². The maximum atomic E-state index is 10.4. The van der Waals surface area contributed by atoms with Crippen LogP contribution in [0.5, 0.6) is 11.5 Å². The molecule has 6 heteroatoms. The molecular weight excluding hydrogens is 360 g/mol. The van der Waals surface area contributed by atoms with Crippen LogP contribution in [0.2, 0.25) is 0 Å². The zero-order chi connectivity index (χ0) is 16.6. The smallest absolute Gasteiger partial charge is 0.169 e. The van der Waals surface area contributed by atoms with E-state index in [1.54, 1.807) is 19.2 Å². The number of rotatable bonds is 3. The van der Waals surface area contributed by atoms with Crippen molar-refractivity contribution in [3.8, 4) is 22.6 Å². The highest BCUT2D eigenvalue weighted by Gasteiger charge is 2.12. The van der Waals surface area contributed by atoms with Crippen LogP contribution >= 0.6 is 15.9 Å². The van der Waals surface area contributed by atoms with Gasteiger partial charge in [0.05, 0.1) is 19.7 Å². The zero-order valence-corrected chi connectivity index (χ0v) is 14.2. The zero-order valence-electron chi connectivity index (χ0n) is 12.6. The van der Waals surface area contributed by atoms with Crippen LogP contribution in [0.3, 0.4) is 0 Å². The number of halogens is 1. The number of nitrogens with one attached hydrogen (secondary N) is 1. The van der Waals surface area contributed by atoms with Gasteiger partial charge in [-0.25, -0.2) is 0 Å². The minimum Gasteiger partial charge on any atom is -0.493 e. The normalized spacial score (nSPS) is 10.7. The van der Waals surface area contributed by atoms with E-state index in [9.17, 15) is 5.21 Å². The molecule has 0 spiro atoms. The van der Waals surface area contributed by atoms with E-state index in [1.165, 1.54) is 7.11 Å². The Morgan fingerprint density at radius 1 is 1.00 bits per heavy atom. The largest absolute Gasteiger partial charge is 0.493 e. The maximum Gasteiger partial charge on any atom is 0.169 e. The first-order valence-corrected chi connectivity index (χ1v) is 7.66. The predicted octanol–water partition coefficient (Wildman–Crippen LogP) is 3.80. The van der Waals surface area contributed by atoms with Crippen LogP contribution in [0, 0.1) is 5.41 Å². The van der Waals surface area contributed by atoms with Crippen molar-refractivity contribution in [1.29, 1.82) is 5.41 Å². The summed E-state index contributed by atoms with van der Waals surface area (Å²) < 4.78 is 12.4. The molecule has 0 saturated heterocycles. The van der Waals surface area contributed by atoms with Crippen LogP contribution in [0.15, 0.2) is 46.9 Å². The Hall–Kier alpha value is -2.47. The molecule has 0 saturated carbocycles. The van der Waals surface area contributed by atoms with E-state index in [4.69, 9.17) is 14.9 Å². The predicted molar refractivity (Wildman–Crippen MR) is 91.2 cm³/mol. The Morgan fingerprint density at radius 2 is 1.61 bits per heavy atom. The van der Waals surface area contributed by atoms with Gasteiger partial charge in [0.1, 0.15) is 0 Å². The summed E-state index contributed by atoms with van der Waals surface area (Å²) in [5.41, 5.74) is 1.96. The molecule has 3 aromatic rings. The Balaban J connectivity index is 2.31. The fourth-order valence-electron chi connectivity index (χ4n) is 2.49. The molecule has 0 bridgehead atoms. The SMILES string of the molecule is COc1cc2cc(-c3ccc(Br)cc3)c(=N)n(O)c2cc1OC. The number of nitrogens with zero attached hydrogens (tertiary/aromatic N) is 1. The van der Waals surface area contributed by atoms with Gasteiger partial charge in [0.15, 0.2) is 17.0 Å². The molecule has 0 aliphatic rings. The number of aromatic nitrogens is 1. The summed E-state index contributed by atoms with van der Waals surface area (Å²) in [6.45, 7) is 0. The van der Waals surface area contributed by atoms with Crippen LogP contribution in [-0.4, -0.2) is 24.2 Å². The quantitative estimate of drug-likeness (QED) is 0.685. The summed E-state index contributed by atoms with van der Waals surface area (Å²) in [4.78, 5) is 0. The van der Waals surface area contributed by atoms with Crippen LogP contribution in [0.25, 0.3) is 22.0 Å². The van der Waals surface area contributed by atoms with E-state index in [-0.39, 0.29) is 5.49 Å². The van der Waals surface area contributed by atoms with Crippen molar-refractivity contribution in [3.63, 3.8) is 0 Å². The number of pyridine rings is 1. The molecule has 0 unspecified atom stereocenters. The third-order valence-corrected chi connectivity index (χ3v) is 4.21. The number of benzene rings is 2. The maximum absolute atomic E-state index is 10.4. The van der Waals surface area contributed by atoms with Crippen molar-refractivity contribution < 1.29 is 14.7 Å². The van der Waals surface area contributed by atoms with Gasteiger partial charge in [0, 0.05) is 21.5 Å². The first-order chi connectivity index (χ1) is 11.0. The molecule has 1 aromatic heterocycles. The first kappa shape index (κ1) is 15.4. The van der Waals surface area contributed by atoms with E-state index >= 15 is 0 Å². The van der Waals surface area contributed by atoms with Gasteiger partial charge in [-0.05, 0) is 29.8 Å². The minimum atomic E-state index is 0.00652. The van der Waals surface area contributed by atoms with Crippen molar-refractivity contribution in [1.82, 2.24) is 4.73 Å². The molecule has 0 aliphatic carbocycles. The summed E-state index contributed by atoms with van der Waals surface area (Å²) in [6.07, 6.45) is 0. The minimum absolute atomic E-state index is 0.00652. The van der Waals surface area contributed by atoms with Crippen molar-refractivity contribution >= 4 is 26.8 Å². The third kappa shape index (κ3) is 2.66. The molecule has 3 rings (SSSR count). The van der Waals surface area contributed by atoms with Crippen LogP contribution < -0.4 is 15.0 Å². The lowest BCUT2D eigenvalue weighted by Gasteiger charge is -2.13. The average Bonchev–Trinajstić information content (AvgIpc) is 2.58. The molecule has 0 atom stereocenters. The third-order valence-electron chi connectivity index (χ3n) is 3.68. The highest BCUT2D eigenvalue weighted by molar-refractivity contribution is 9.10. The molecule has 118 valence electrons. The molecule has 0 aliphatic heterocycles. The summed E-state index contributed by atoms with van der Waals surface area (Å²) in [5.74, 6) is 1.07. The molecule has 0 amide bonds. The highest BCUT2D eigenvalue weighted by atomic mass is 79.9. The summed E-state index contributed by atoms with van der Waals surface area (Å²) in [7, 11) is 3.09. The molecule has 1 heterocycles. The first-order valence-electron chi connectivity index (χ1n) is 6.86. The second kappa shape index (κ2) is 5.96. The van der Waals surface area contributed by atoms with Gasteiger partial charge in [-0.1, -0.05) is 28.1 Å². The molecule has 0 radical (unpaired) electrons. The number of ether oxygens (including phenoxy) is 2. The molecule has 2 N–H and O–H groups in total. The van der Waals surface area contributed by atoms with E-state index in [0.717, 1.165) is 20.2 Å². The Kier molecular flexibility index (Phi) is 4.00. The monoisotopic (exact) mass is 374 g/mol. The van der Waals surface area contributed by atoms with Gasteiger partial charge in [-0.15, -0.1) is 0 Å². The van der Waals surface area contributed by atoms with Crippen LogP contribution in [0.1, 0.15) is 0 Å². The second-order valence-electron chi connectivity index (χ2n) is 4.99. The van der Waals surface area contributed by atoms with Crippen molar-refractivity contribution in [2.45, 2.75) is 0 Å². The van der Waals surface area contributed by atoms with Crippen molar-refractivity contribution in [3.05, 3.63) is 52.4 Å². The number of fused-ring (bicyclic) bond motifs is 1. The summed E-state index contributed by atoms with van der Waals surface area (Å²) >= 11 is 3.39. The number of methoxy groups -OCH3 is 2. The second-order valence-corrected chi connectivity index (χ2v) is 5.91. The van der Waals surface area contributed by atoms with Crippen molar-refractivity contribution in [2.24, 2.45) is 0 Å². The van der Waals surface area contributed by atoms with Gasteiger partial charge < -0.3 is 14.7 Å². The highest BCUT2D eigenvalue weighted by Crippen LogP contribution is 2.32. The standard InChI is InChI=1S/C17H15BrN2O3/c1-22-15-8-11-7-13(10-3-5-12(18)6-4-10)17(19)20(21)14(11)9-16(15)23-2/h3-9,19,21H,1-2H3. The summed E-state index contributed by atoms with van der Waals surface area (Å²) in [5, 5.41) is 19.3. The average molecular weight is 375 g/mol. The Bertz CT molecular complexity index is 933. The van der Waals surface area contributed by atoms with E-state index in [1.807, 2.05) is 30.3 Å². The lowest BCUT2D eigenvalue weighted by atomic mass is 10.0. The fraction of sp³-hybridized carbons (Fsp3) is 0.118. The molecule has 5 nitrogen and oxygen atoms in total. The van der Waals surface area contributed by atoms with E-state index in [0.29, 0.717) is 22.6 Å². The molecule has 2 aromatic carbocycles. The van der Waals surface area contributed by atoms with E-state index in [2.05, 4.69) is 15.9 Å². The molecule has 23 heavy (non-hydrogen) atoms. The van der Waals surface area contributed by atoms with Gasteiger partial charge in [-0.3, -0.25) is 5.41 Å². The van der Waals surface area contributed by atoms with Gasteiger partial charge in [0.25, 0.3) is 0 Å². The van der Waals surface area contributed by atoms with E-state index < -0.39 is 0 Å². The van der Waals surface area contributed by atoms with Gasteiger partial charge in [0.2, 0.25) is 0 Å². The number of hydrogen-bond donors (Lipinski definition) is 2. The molecular formula is C17H15BrN2O3.